The summed E-state index contributed by atoms with van der Waals surface area (Å²) in [5.74, 6) is 0. The molecule has 3 heteroatoms. The van der Waals surface area contributed by atoms with Crippen molar-refractivity contribution in [2.75, 3.05) is 7.05 Å². The Bertz CT molecular complexity index is 568. The van der Waals surface area contributed by atoms with Gasteiger partial charge in [0.25, 0.3) is 0 Å². The Morgan fingerprint density at radius 2 is 1.76 bits per heavy atom. The van der Waals surface area contributed by atoms with Gasteiger partial charge < -0.3 is 5.32 Å². The van der Waals surface area contributed by atoms with Gasteiger partial charge in [-0.1, -0.05) is 51.1 Å². The Labute approximate surface area is 132 Å². The van der Waals surface area contributed by atoms with Gasteiger partial charge in [0.2, 0.25) is 0 Å². The molecule has 0 radical (unpaired) electrons. The number of nitrogens with one attached hydrogen (secondary N) is 1. The number of rotatable bonds is 5. The molecule has 1 heterocycles. The average Bonchev–Trinajstić information content (AvgIpc) is 2.96. The van der Waals surface area contributed by atoms with Crippen molar-refractivity contribution in [1.82, 2.24) is 10.3 Å². The quantitative estimate of drug-likeness (QED) is 0.879. The van der Waals surface area contributed by atoms with Gasteiger partial charge in [0.1, 0.15) is 5.01 Å². The zero-order chi connectivity index (χ0) is 15.5. The first-order chi connectivity index (χ1) is 9.85. The van der Waals surface area contributed by atoms with Gasteiger partial charge in [-0.25, -0.2) is 4.98 Å². The maximum atomic E-state index is 4.89. The summed E-state index contributed by atoms with van der Waals surface area (Å²) in [6, 6.07) is 10.7. The molecule has 1 unspecified atom stereocenters. The molecular formula is C18H26N2S. The van der Waals surface area contributed by atoms with E-state index in [0.29, 0.717) is 0 Å². The maximum Gasteiger partial charge on any atom is 0.113 e. The van der Waals surface area contributed by atoms with Gasteiger partial charge in [-0.15, -0.1) is 11.3 Å². The maximum absolute atomic E-state index is 4.89. The molecule has 0 fully saturated rings. The Hall–Kier alpha value is -1.19. The molecule has 2 aromatic rings. The predicted octanol–water partition coefficient (Wildman–Crippen LogP) is 4.51. The second-order valence-electron chi connectivity index (χ2n) is 6.86. The van der Waals surface area contributed by atoms with Crippen molar-refractivity contribution in [1.29, 1.82) is 0 Å². The van der Waals surface area contributed by atoms with Crippen molar-refractivity contribution in [3.05, 3.63) is 52.0 Å². The van der Waals surface area contributed by atoms with Crippen LogP contribution in [0.5, 0.6) is 0 Å². The minimum atomic E-state index is -0.0655. The molecule has 1 aromatic carbocycles. The molecule has 0 aliphatic rings. The van der Waals surface area contributed by atoms with Crippen LogP contribution in [0.15, 0.2) is 35.7 Å². The molecule has 0 saturated carbocycles. The number of benzene rings is 1. The lowest BCUT2D eigenvalue weighted by molar-refractivity contribution is 0.366. The number of aromatic nitrogens is 1. The van der Waals surface area contributed by atoms with Gasteiger partial charge >= 0.3 is 0 Å². The smallest absolute Gasteiger partial charge is 0.113 e. The summed E-state index contributed by atoms with van der Waals surface area (Å²) in [5, 5.41) is 6.87. The van der Waals surface area contributed by atoms with Crippen molar-refractivity contribution >= 4 is 11.3 Å². The SMILES string of the molecule is CNC(C)(CCc1ccccc1)c1nc(C(C)(C)C)cs1. The van der Waals surface area contributed by atoms with Gasteiger partial charge in [0.15, 0.2) is 0 Å². The summed E-state index contributed by atoms with van der Waals surface area (Å²) in [6.07, 6.45) is 2.10. The van der Waals surface area contributed by atoms with Crippen LogP contribution in [0.3, 0.4) is 0 Å². The number of thiazole rings is 1. The van der Waals surface area contributed by atoms with Crippen molar-refractivity contribution in [3.8, 4) is 0 Å². The van der Waals surface area contributed by atoms with Crippen LogP contribution in [0.4, 0.5) is 0 Å². The number of aryl methyl sites for hydroxylation is 1. The van der Waals surface area contributed by atoms with Crippen molar-refractivity contribution in [2.24, 2.45) is 0 Å². The molecule has 0 spiro atoms. The van der Waals surface area contributed by atoms with E-state index >= 15 is 0 Å². The third-order valence-corrected chi connectivity index (χ3v) is 5.16. The third-order valence-electron chi connectivity index (χ3n) is 4.05. The minimum Gasteiger partial charge on any atom is -0.309 e. The Morgan fingerprint density at radius 3 is 2.29 bits per heavy atom. The fourth-order valence-corrected chi connectivity index (χ4v) is 3.49. The lowest BCUT2D eigenvalue weighted by Crippen LogP contribution is -2.37. The second kappa shape index (κ2) is 6.29. The summed E-state index contributed by atoms with van der Waals surface area (Å²) in [5.41, 5.74) is 2.61. The van der Waals surface area contributed by atoms with E-state index in [4.69, 9.17) is 4.98 Å². The highest BCUT2D eigenvalue weighted by Gasteiger charge is 2.29. The monoisotopic (exact) mass is 302 g/mol. The van der Waals surface area contributed by atoms with Gasteiger partial charge in [-0.3, -0.25) is 0 Å². The molecule has 114 valence electrons. The highest BCUT2D eigenvalue weighted by atomic mass is 32.1. The van der Waals surface area contributed by atoms with E-state index in [1.165, 1.54) is 16.3 Å². The second-order valence-corrected chi connectivity index (χ2v) is 7.71. The number of hydrogen-bond donors (Lipinski definition) is 1. The number of nitrogens with zero attached hydrogens (tertiary/aromatic N) is 1. The van der Waals surface area contributed by atoms with Gasteiger partial charge in [-0.2, -0.15) is 0 Å². The van der Waals surface area contributed by atoms with Gasteiger partial charge in [0.05, 0.1) is 11.2 Å². The zero-order valence-corrected chi connectivity index (χ0v) is 14.6. The minimum absolute atomic E-state index is 0.0655. The average molecular weight is 302 g/mol. The largest absolute Gasteiger partial charge is 0.309 e. The van der Waals surface area contributed by atoms with E-state index in [1.807, 2.05) is 7.05 Å². The van der Waals surface area contributed by atoms with Crippen LogP contribution in [0, 0.1) is 0 Å². The standard InChI is InChI=1S/C18H26N2S/c1-17(2,3)15-13-21-16(20-15)18(4,19-5)12-11-14-9-7-6-8-10-14/h6-10,13,19H,11-12H2,1-5H3. The fourth-order valence-electron chi connectivity index (χ4n) is 2.25. The van der Waals surface area contributed by atoms with Crippen LogP contribution >= 0.6 is 11.3 Å². The molecule has 1 N–H and O–H groups in total. The van der Waals surface area contributed by atoms with Crippen molar-refractivity contribution in [3.63, 3.8) is 0 Å². The van der Waals surface area contributed by atoms with Crippen LogP contribution in [0.2, 0.25) is 0 Å². The van der Waals surface area contributed by atoms with Crippen LogP contribution in [-0.2, 0) is 17.4 Å². The van der Waals surface area contributed by atoms with Crippen molar-refractivity contribution < 1.29 is 0 Å². The predicted molar refractivity (Wildman–Crippen MR) is 92.0 cm³/mol. The normalized spacial score (nSPS) is 14.9. The van der Waals surface area contributed by atoms with E-state index in [9.17, 15) is 0 Å². The van der Waals surface area contributed by atoms with Crippen LogP contribution in [0.25, 0.3) is 0 Å². The highest BCUT2D eigenvalue weighted by Crippen LogP contribution is 2.32. The van der Waals surface area contributed by atoms with E-state index in [0.717, 1.165) is 12.8 Å². The molecule has 0 saturated heterocycles. The first kappa shape index (κ1) is 16.2. The molecule has 0 bridgehead atoms. The van der Waals surface area contributed by atoms with Crippen LogP contribution < -0.4 is 5.32 Å². The first-order valence-electron chi connectivity index (χ1n) is 7.54. The zero-order valence-electron chi connectivity index (χ0n) is 13.7. The molecule has 21 heavy (non-hydrogen) atoms. The van der Waals surface area contributed by atoms with E-state index in [2.05, 4.69) is 68.7 Å². The lowest BCUT2D eigenvalue weighted by Gasteiger charge is -2.27. The number of hydrogen-bond acceptors (Lipinski definition) is 3. The Kier molecular flexibility index (Phi) is 4.84. The van der Waals surface area contributed by atoms with Gasteiger partial charge in [-0.05, 0) is 32.4 Å². The Morgan fingerprint density at radius 1 is 1.10 bits per heavy atom. The summed E-state index contributed by atoms with van der Waals surface area (Å²) < 4.78 is 0. The molecule has 2 nitrogen and oxygen atoms in total. The summed E-state index contributed by atoms with van der Waals surface area (Å²) in [6.45, 7) is 8.90. The van der Waals surface area contributed by atoms with E-state index in [1.54, 1.807) is 11.3 Å². The molecular weight excluding hydrogens is 276 g/mol. The van der Waals surface area contributed by atoms with E-state index < -0.39 is 0 Å². The highest BCUT2D eigenvalue weighted by molar-refractivity contribution is 7.09. The summed E-state index contributed by atoms with van der Waals surface area (Å²) in [7, 11) is 2.03. The molecule has 2 rings (SSSR count). The first-order valence-corrected chi connectivity index (χ1v) is 8.42. The van der Waals surface area contributed by atoms with Crippen LogP contribution in [0.1, 0.15) is 50.4 Å². The molecule has 1 atom stereocenters. The molecule has 0 amide bonds. The topological polar surface area (TPSA) is 24.9 Å². The lowest BCUT2D eigenvalue weighted by atomic mass is 9.92. The third kappa shape index (κ3) is 3.92. The fraction of sp³-hybridized carbons (Fsp3) is 0.500. The Balaban J connectivity index is 2.15. The molecule has 1 aromatic heterocycles. The van der Waals surface area contributed by atoms with E-state index in [-0.39, 0.29) is 11.0 Å². The van der Waals surface area contributed by atoms with Crippen LogP contribution in [-0.4, -0.2) is 12.0 Å². The van der Waals surface area contributed by atoms with Gasteiger partial charge in [0, 0.05) is 10.8 Å². The summed E-state index contributed by atoms with van der Waals surface area (Å²) in [4.78, 5) is 4.89. The summed E-state index contributed by atoms with van der Waals surface area (Å²) >= 11 is 1.77. The van der Waals surface area contributed by atoms with Crippen molar-refractivity contribution in [2.45, 2.75) is 51.5 Å². The molecule has 0 aliphatic carbocycles. The molecule has 0 aliphatic heterocycles.